The number of aliphatic hydroxyl groups excluding tert-OH is 1. The van der Waals surface area contributed by atoms with Gasteiger partial charge < -0.3 is 25.4 Å². The zero-order valence-electron chi connectivity index (χ0n) is 31.2. The van der Waals surface area contributed by atoms with Crippen LogP contribution in [-0.2, 0) is 19.6 Å². The molecule has 2 aliphatic heterocycles. The van der Waals surface area contributed by atoms with Crippen molar-refractivity contribution in [2.24, 2.45) is 5.92 Å². The first-order valence-corrected chi connectivity index (χ1v) is 23.1. The number of thioether (sulfide) groups is 2. The molecular formula is C37H50Cl2N4O7S4. The molecule has 3 aromatic rings. The minimum atomic E-state index is -3.84. The predicted molar refractivity (Wildman–Crippen MR) is 223 cm³/mol. The van der Waals surface area contributed by atoms with E-state index in [0.29, 0.717) is 47.3 Å². The first kappa shape index (κ1) is 44.5. The number of carbonyl (C=O) groups excluding carboxylic acids is 3. The van der Waals surface area contributed by atoms with Crippen LogP contribution >= 0.6 is 58.1 Å². The fourth-order valence-corrected chi connectivity index (χ4v) is 11.6. The number of thiophene rings is 1. The molecule has 2 unspecified atom stereocenters. The Balaban J connectivity index is 0.000000363. The molecule has 1 aromatic heterocycles. The molecule has 0 aliphatic carbocycles. The first-order valence-electron chi connectivity index (χ1n) is 17.8. The molecule has 0 radical (unpaired) electrons. The number of halogens is 2. The van der Waals surface area contributed by atoms with Gasteiger partial charge in [-0.25, -0.2) is 13.2 Å². The summed E-state index contributed by atoms with van der Waals surface area (Å²) in [5.74, 6) is 2.61. The van der Waals surface area contributed by atoms with Crippen molar-refractivity contribution in [1.29, 1.82) is 0 Å². The molecular weight excluding hydrogens is 812 g/mol. The third-order valence-electron chi connectivity index (χ3n) is 8.48. The van der Waals surface area contributed by atoms with Crippen molar-refractivity contribution in [2.45, 2.75) is 76.1 Å². The molecule has 3 atom stereocenters. The SMILES string of the molecule is CC(C)(C)OC(=O)N1CCSCC1CO.CC(C)C[C@H](NC(=O)c1cc2ccccc2s1)C(=O)NCCC1CSCCN1S(=O)(=O)c1ccc(Cl)cc1Cl. The van der Waals surface area contributed by atoms with E-state index in [2.05, 4.69) is 10.6 Å². The van der Waals surface area contributed by atoms with E-state index in [1.165, 1.54) is 33.8 Å². The monoisotopic (exact) mass is 860 g/mol. The van der Waals surface area contributed by atoms with E-state index >= 15 is 0 Å². The maximum Gasteiger partial charge on any atom is 0.410 e. The second kappa shape index (κ2) is 20.3. The number of carbonyl (C=O) groups is 3. The standard InChI is InChI=1S/C27H31Cl2N3O4S3.C10H19NO3S/c1-17(2)13-22(31-27(34)24-14-18-5-3-4-6-23(18)38-24)26(33)30-10-9-20-16-37-12-11-32(20)39(35,36)25-8-7-19(28)15-21(25)29;1-10(2,3)14-9(13)11-4-5-15-7-8(11)6-12/h3-8,14-15,17,20,22H,9-13,16H2,1-2H3,(H,30,33)(H,31,34);8,12H,4-7H2,1-3H3/t20?,22-;/m0./s1. The van der Waals surface area contributed by atoms with Gasteiger partial charge in [0, 0.05) is 58.4 Å². The molecule has 3 amide bonds. The number of hydrogen-bond acceptors (Lipinski definition) is 10. The van der Waals surface area contributed by atoms with Crippen molar-refractivity contribution in [3.8, 4) is 0 Å². The van der Waals surface area contributed by atoms with Gasteiger partial charge in [0.1, 0.15) is 16.5 Å². The van der Waals surface area contributed by atoms with E-state index in [1.807, 2.05) is 65.0 Å². The van der Waals surface area contributed by atoms with Gasteiger partial charge in [-0.1, -0.05) is 55.2 Å². The van der Waals surface area contributed by atoms with Gasteiger partial charge in [-0.05, 0) is 75.2 Å². The number of ether oxygens (including phenoxy) is 1. The summed E-state index contributed by atoms with van der Waals surface area (Å²) in [4.78, 5) is 40.1. The summed E-state index contributed by atoms with van der Waals surface area (Å²) < 4.78 is 34.6. The highest BCUT2D eigenvalue weighted by atomic mass is 35.5. The summed E-state index contributed by atoms with van der Waals surface area (Å²) in [7, 11) is -3.84. The molecule has 11 nitrogen and oxygen atoms in total. The lowest BCUT2D eigenvalue weighted by Crippen LogP contribution is -2.50. The van der Waals surface area contributed by atoms with Crippen LogP contribution in [-0.4, -0.2) is 114 Å². The van der Waals surface area contributed by atoms with E-state index in [0.717, 1.165) is 21.6 Å². The molecule has 3 heterocycles. The van der Waals surface area contributed by atoms with Crippen molar-refractivity contribution in [3.63, 3.8) is 0 Å². The normalized spacial score (nSPS) is 18.8. The Hall–Kier alpha value is -2.24. The molecule has 2 aliphatic rings. The minimum Gasteiger partial charge on any atom is -0.444 e. The van der Waals surface area contributed by atoms with Crippen molar-refractivity contribution in [2.75, 3.05) is 49.3 Å². The Kier molecular flexibility index (Phi) is 16.7. The molecule has 54 heavy (non-hydrogen) atoms. The van der Waals surface area contributed by atoms with Gasteiger partial charge in [0.25, 0.3) is 5.91 Å². The van der Waals surface area contributed by atoms with Crippen LogP contribution in [0.15, 0.2) is 53.4 Å². The van der Waals surface area contributed by atoms with Crippen LogP contribution in [0.2, 0.25) is 10.0 Å². The van der Waals surface area contributed by atoms with Crippen LogP contribution in [0.3, 0.4) is 0 Å². The Morgan fingerprint density at radius 3 is 2.33 bits per heavy atom. The molecule has 2 saturated heterocycles. The van der Waals surface area contributed by atoms with E-state index in [1.54, 1.807) is 28.4 Å². The molecule has 5 rings (SSSR count). The summed E-state index contributed by atoms with van der Waals surface area (Å²) >= 11 is 17.0. The van der Waals surface area contributed by atoms with Crippen LogP contribution in [0.5, 0.6) is 0 Å². The molecule has 2 aromatic carbocycles. The summed E-state index contributed by atoms with van der Waals surface area (Å²) in [5.41, 5.74) is -0.471. The van der Waals surface area contributed by atoms with Gasteiger partial charge in [-0.2, -0.15) is 27.8 Å². The summed E-state index contributed by atoms with van der Waals surface area (Å²) in [6.45, 7) is 10.8. The van der Waals surface area contributed by atoms with Gasteiger partial charge in [0.2, 0.25) is 15.9 Å². The third kappa shape index (κ3) is 12.6. The first-order chi connectivity index (χ1) is 25.5. The maximum absolute atomic E-state index is 13.4. The zero-order valence-corrected chi connectivity index (χ0v) is 36.0. The van der Waals surface area contributed by atoms with E-state index < -0.39 is 21.7 Å². The number of sulfonamides is 1. The van der Waals surface area contributed by atoms with E-state index in [4.69, 9.17) is 33.0 Å². The largest absolute Gasteiger partial charge is 0.444 e. The van der Waals surface area contributed by atoms with Gasteiger partial charge in [0.05, 0.1) is 22.5 Å². The van der Waals surface area contributed by atoms with E-state index in [9.17, 15) is 22.8 Å². The summed E-state index contributed by atoms with van der Waals surface area (Å²) in [5, 5.41) is 16.4. The van der Waals surface area contributed by atoms with Crippen LogP contribution in [0, 0.1) is 5.92 Å². The van der Waals surface area contributed by atoms with E-state index in [-0.39, 0.29) is 59.0 Å². The van der Waals surface area contributed by atoms with Crippen molar-refractivity contribution in [1.82, 2.24) is 19.8 Å². The highest BCUT2D eigenvalue weighted by Gasteiger charge is 2.35. The van der Waals surface area contributed by atoms with Crippen LogP contribution < -0.4 is 10.6 Å². The van der Waals surface area contributed by atoms with Gasteiger partial charge in [-0.15, -0.1) is 11.3 Å². The molecule has 3 N–H and O–H groups in total. The predicted octanol–water partition coefficient (Wildman–Crippen LogP) is 7.00. The number of benzene rings is 2. The average Bonchev–Trinajstić information content (AvgIpc) is 3.55. The molecule has 0 saturated carbocycles. The lowest BCUT2D eigenvalue weighted by atomic mass is 10.0. The summed E-state index contributed by atoms with van der Waals surface area (Å²) in [6.07, 6.45) is 0.598. The number of nitrogens with zero attached hydrogens (tertiary/aromatic N) is 2. The minimum absolute atomic E-state index is 0.00619. The van der Waals surface area contributed by atoms with Gasteiger partial charge in [-0.3, -0.25) is 9.59 Å². The van der Waals surface area contributed by atoms with Gasteiger partial charge in [0.15, 0.2) is 0 Å². The van der Waals surface area contributed by atoms with Crippen molar-refractivity contribution in [3.05, 3.63) is 63.5 Å². The quantitative estimate of drug-likeness (QED) is 0.186. The zero-order chi connectivity index (χ0) is 39.6. The Morgan fingerprint density at radius 1 is 1.00 bits per heavy atom. The number of amides is 3. The maximum atomic E-state index is 13.4. The third-order valence-corrected chi connectivity index (χ3v) is 14.4. The van der Waals surface area contributed by atoms with Crippen molar-refractivity contribution < 1.29 is 32.6 Å². The number of aliphatic hydroxyl groups is 1. The number of fused-ring (bicyclic) bond motifs is 1. The number of nitrogens with one attached hydrogen (secondary N) is 2. The Labute approximate surface area is 341 Å². The lowest BCUT2D eigenvalue weighted by Gasteiger charge is -2.35. The van der Waals surface area contributed by atoms with Gasteiger partial charge >= 0.3 is 6.09 Å². The second-order valence-corrected chi connectivity index (χ2v) is 20.5. The highest BCUT2D eigenvalue weighted by molar-refractivity contribution is 7.99. The second-order valence-electron chi connectivity index (χ2n) is 14.4. The number of hydrogen-bond donors (Lipinski definition) is 3. The smallest absolute Gasteiger partial charge is 0.410 e. The van der Waals surface area contributed by atoms with Crippen LogP contribution in [0.1, 0.15) is 57.1 Å². The topological polar surface area (TPSA) is 145 Å². The Morgan fingerprint density at radius 2 is 1.69 bits per heavy atom. The fourth-order valence-electron chi connectivity index (χ4n) is 5.87. The average molecular weight is 862 g/mol. The summed E-state index contributed by atoms with van der Waals surface area (Å²) in [6, 6.07) is 12.9. The lowest BCUT2D eigenvalue weighted by molar-refractivity contribution is -0.123. The molecule has 0 spiro atoms. The molecule has 298 valence electrons. The Bertz CT molecular complexity index is 1820. The fraction of sp³-hybridized carbons (Fsp3) is 0.541. The molecule has 2 fully saturated rings. The van der Waals surface area contributed by atoms with Crippen LogP contribution in [0.25, 0.3) is 10.1 Å². The molecule has 0 bridgehead atoms. The number of rotatable bonds is 11. The van der Waals surface area contributed by atoms with Crippen molar-refractivity contribution >= 4 is 96.1 Å². The molecule has 17 heteroatoms. The highest BCUT2D eigenvalue weighted by Crippen LogP contribution is 2.32. The van der Waals surface area contributed by atoms with Crippen LogP contribution in [0.4, 0.5) is 4.79 Å².